The van der Waals surface area contributed by atoms with Crippen LogP contribution < -0.4 is 4.74 Å². The number of fused-ring (bicyclic) bond motifs is 1. The molecule has 2 aromatic carbocycles. The third-order valence-electron chi connectivity index (χ3n) is 3.96. The van der Waals surface area contributed by atoms with E-state index in [1.807, 2.05) is 50.6 Å². The lowest BCUT2D eigenvalue weighted by atomic mass is 10.1. The minimum Gasteiger partial charge on any atom is -0.488 e. The Balaban J connectivity index is 1.96. The minimum atomic E-state index is -0.259. The zero-order valence-electron chi connectivity index (χ0n) is 13.8. The number of nitrogens with zero attached hydrogens (tertiary/aromatic N) is 2. The van der Waals surface area contributed by atoms with Crippen LogP contribution in [0.2, 0.25) is 0 Å². The van der Waals surface area contributed by atoms with E-state index in [1.165, 1.54) is 6.07 Å². The van der Waals surface area contributed by atoms with Crippen molar-refractivity contribution in [3.05, 3.63) is 65.6 Å². The second-order valence-electron chi connectivity index (χ2n) is 6.06. The number of likely N-dealkylation sites (N-methyl/N-ethyl adjacent to an activating group) is 1. The molecule has 5 heteroatoms. The minimum absolute atomic E-state index is 0.259. The van der Waals surface area contributed by atoms with E-state index in [0.717, 1.165) is 29.5 Å². The van der Waals surface area contributed by atoms with E-state index in [4.69, 9.17) is 4.74 Å². The molecule has 1 aromatic heterocycles. The smallest absolute Gasteiger partial charge is 0.148 e. The molecule has 3 aromatic rings. The lowest BCUT2D eigenvalue weighted by Gasteiger charge is -2.11. The highest BCUT2D eigenvalue weighted by Gasteiger charge is 2.17. The van der Waals surface area contributed by atoms with Crippen molar-refractivity contribution >= 4 is 27.1 Å². The number of benzene rings is 2. The van der Waals surface area contributed by atoms with Crippen molar-refractivity contribution in [2.45, 2.75) is 13.0 Å². The van der Waals surface area contributed by atoms with Crippen molar-refractivity contribution < 1.29 is 9.13 Å². The molecule has 0 radical (unpaired) electrons. The van der Waals surface area contributed by atoms with E-state index in [1.54, 1.807) is 9.66 Å². The number of hydrogen-bond donors (Lipinski definition) is 0. The Morgan fingerprint density at radius 2 is 1.88 bits per heavy atom. The van der Waals surface area contributed by atoms with Crippen molar-refractivity contribution in [2.24, 2.45) is 0 Å². The highest BCUT2D eigenvalue weighted by Crippen LogP contribution is 2.34. The first-order valence-electron chi connectivity index (χ1n) is 7.86. The molecule has 0 saturated heterocycles. The van der Waals surface area contributed by atoms with Gasteiger partial charge in [-0.2, -0.15) is 0 Å². The molecule has 0 fully saturated rings. The molecule has 0 amide bonds. The zero-order valence-corrected chi connectivity index (χ0v) is 15.4. The Morgan fingerprint density at radius 1 is 1.12 bits per heavy atom. The van der Waals surface area contributed by atoms with Crippen LogP contribution in [-0.4, -0.2) is 29.1 Å². The van der Waals surface area contributed by atoms with E-state index in [0.29, 0.717) is 17.9 Å². The topological polar surface area (TPSA) is 17.4 Å². The molecule has 0 aliphatic rings. The summed E-state index contributed by atoms with van der Waals surface area (Å²) in [6.07, 6.45) is 2.75. The molecule has 3 nitrogen and oxygen atoms in total. The number of halogens is 2. The molecule has 0 N–H and O–H groups in total. The summed E-state index contributed by atoms with van der Waals surface area (Å²) >= 11 is 3.41. The predicted octanol–water partition coefficient (Wildman–Crippen LogP) is 4.62. The van der Waals surface area contributed by atoms with Crippen molar-refractivity contribution in [3.63, 3.8) is 0 Å². The molecule has 1 heterocycles. The highest BCUT2D eigenvalue weighted by molar-refractivity contribution is 9.08. The van der Waals surface area contributed by atoms with E-state index >= 15 is 0 Å². The van der Waals surface area contributed by atoms with Gasteiger partial charge in [0.15, 0.2) is 0 Å². The number of hydrogen-bond acceptors (Lipinski definition) is 2. The summed E-state index contributed by atoms with van der Waals surface area (Å²) in [6, 6.07) is 13.1. The van der Waals surface area contributed by atoms with Crippen LogP contribution in [0.5, 0.6) is 5.75 Å². The van der Waals surface area contributed by atoms with Gasteiger partial charge < -0.3 is 9.64 Å². The highest BCUT2D eigenvalue weighted by atomic mass is 79.9. The maximum Gasteiger partial charge on any atom is 0.148 e. The second-order valence-corrected chi connectivity index (χ2v) is 6.83. The molecular weight excluding hydrogens is 371 g/mol. The summed E-state index contributed by atoms with van der Waals surface area (Å²) in [6.45, 7) is 1.35. The summed E-state index contributed by atoms with van der Waals surface area (Å²) < 4.78 is 22.0. The molecule has 0 spiro atoms. The fourth-order valence-corrected chi connectivity index (χ4v) is 3.32. The first-order chi connectivity index (χ1) is 11.6. The normalized spacial score (nSPS) is 11.4. The molecule has 0 bridgehead atoms. The van der Waals surface area contributed by atoms with Crippen LogP contribution in [0.15, 0.2) is 48.7 Å². The van der Waals surface area contributed by atoms with Gasteiger partial charge in [-0.05, 0) is 43.8 Å². The van der Waals surface area contributed by atoms with Crippen LogP contribution in [0.25, 0.3) is 10.9 Å². The van der Waals surface area contributed by atoms with Crippen LogP contribution in [-0.2, 0) is 13.0 Å². The first-order valence-corrected chi connectivity index (χ1v) is 8.57. The van der Waals surface area contributed by atoms with Gasteiger partial charge in [-0.15, -0.1) is 0 Å². The van der Waals surface area contributed by atoms with E-state index in [2.05, 4.69) is 21.0 Å². The van der Waals surface area contributed by atoms with Crippen molar-refractivity contribution in [3.8, 4) is 5.75 Å². The van der Waals surface area contributed by atoms with E-state index < -0.39 is 0 Å². The summed E-state index contributed by atoms with van der Waals surface area (Å²) in [5.41, 5.74) is 2.68. The van der Waals surface area contributed by atoms with Crippen LogP contribution >= 0.6 is 16.1 Å². The standard InChI is InChI=1S/C19H20BrFN2O/c1-22(2)11-10-15-12-23(20)19-16(21)8-9-17(18(15)19)24-13-14-6-4-3-5-7-14/h3-9,12H,10-11,13H2,1-2H3. The maximum absolute atomic E-state index is 14.3. The van der Waals surface area contributed by atoms with Gasteiger partial charge in [-0.3, -0.25) is 3.59 Å². The third-order valence-corrected chi connectivity index (χ3v) is 4.52. The monoisotopic (exact) mass is 390 g/mol. The lowest BCUT2D eigenvalue weighted by molar-refractivity contribution is 0.309. The van der Waals surface area contributed by atoms with E-state index in [-0.39, 0.29) is 5.82 Å². The number of rotatable bonds is 6. The molecule has 0 unspecified atom stereocenters. The largest absolute Gasteiger partial charge is 0.488 e. The van der Waals surface area contributed by atoms with Gasteiger partial charge in [-0.25, -0.2) is 4.39 Å². The summed E-state index contributed by atoms with van der Waals surface area (Å²) in [5.74, 6) is 0.451. The van der Waals surface area contributed by atoms with Crippen LogP contribution in [0, 0.1) is 5.82 Å². The Labute approximate surface area is 150 Å². The Morgan fingerprint density at radius 3 is 2.58 bits per heavy atom. The SMILES string of the molecule is CN(C)CCc1cn(Br)c2c(F)ccc(OCc3ccccc3)c12. The molecule has 24 heavy (non-hydrogen) atoms. The molecular formula is C19H20BrFN2O. The summed E-state index contributed by atoms with van der Waals surface area (Å²) in [4.78, 5) is 2.11. The molecule has 3 rings (SSSR count). The third kappa shape index (κ3) is 3.62. The predicted molar refractivity (Wildman–Crippen MR) is 99.3 cm³/mol. The molecule has 0 saturated carbocycles. The van der Waals surface area contributed by atoms with Crippen LogP contribution in [0.3, 0.4) is 0 Å². The maximum atomic E-state index is 14.3. The van der Waals surface area contributed by atoms with Crippen molar-refractivity contribution in [1.82, 2.24) is 8.49 Å². The molecule has 126 valence electrons. The van der Waals surface area contributed by atoms with Gasteiger partial charge in [0.1, 0.15) is 18.2 Å². The quantitative estimate of drug-likeness (QED) is 0.610. The van der Waals surface area contributed by atoms with Gasteiger partial charge in [0, 0.05) is 18.1 Å². The summed E-state index contributed by atoms with van der Waals surface area (Å²) in [5, 5.41) is 0.838. The van der Waals surface area contributed by atoms with Gasteiger partial charge in [0.2, 0.25) is 0 Å². The average molecular weight is 391 g/mol. The molecule has 0 aliphatic carbocycles. The van der Waals surface area contributed by atoms with Gasteiger partial charge >= 0.3 is 0 Å². The van der Waals surface area contributed by atoms with Crippen LogP contribution in [0.4, 0.5) is 4.39 Å². The Hall–Kier alpha value is -1.85. The fraction of sp³-hybridized carbons (Fsp3) is 0.263. The van der Waals surface area contributed by atoms with Gasteiger partial charge in [0.25, 0.3) is 0 Å². The number of aromatic nitrogens is 1. The second kappa shape index (κ2) is 7.36. The van der Waals surface area contributed by atoms with E-state index in [9.17, 15) is 4.39 Å². The Kier molecular flexibility index (Phi) is 5.21. The van der Waals surface area contributed by atoms with Gasteiger partial charge in [-0.1, -0.05) is 30.3 Å². The number of ether oxygens (including phenoxy) is 1. The first kappa shape index (κ1) is 17.0. The lowest BCUT2D eigenvalue weighted by Crippen LogP contribution is -2.14. The molecule has 0 aliphatic heterocycles. The molecule has 0 atom stereocenters. The fourth-order valence-electron chi connectivity index (χ4n) is 2.72. The van der Waals surface area contributed by atoms with Crippen molar-refractivity contribution in [2.75, 3.05) is 20.6 Å². The van der Waals surface area contributed by atoms with Crippen LogP contribution in [0.1, 0.15) is 11.1 Å². The Bertz CT molecular complexity index is 830. The summed E-state index contributed by atoms with van der Waals surface area (Å²) in [7, 11) is 4.06. The zero-order chi connectivity index (χ0) is 17.1. The van der Waals surface area contributed by atoms with Crippen molar-refractivity contribution in [1.29, 1.82) is 0 Å². The average Bonchev–Trinajstić information content (AvgIpc) is 2.91. The van der Waals surface area contributed by atoms with Gasteiger partial charge in [0.05, 0.1) is 21.7 Å².